The third-order valence-corrected chi connectivity index (χ3v) is 6.68. The maximum absolute atomic E-state index is 4.56. The van der Waals surface area contributed by atoms with Crippen molar-refractivity contribution in [2.75, 3.05) is 0 Å². The van der Waals surface area contributed by atoms with Gasteiger partial charge in [0.15, 0.2) is 0 Å². The summed E-state index contributed by atoms with van der Waals surface area (Å²) in [5.74, 6) is 6.99. The van der Waals surface area contributed by atoms with Crippen LogP contribution in [0.4, 0.5) is 0 Å². The first kappa shape index (κ1) is 21.7. The topological polar surface area (TPSA) is 0 Å². The molecule has 6 rings (SSSR count). The predicted octanol–water partition coefficient (Wildman–Crippen LogP) is 9.29. The van der Waals surface area contributed by atoms with Crippen molar-refractivity contribution in [3.63, 3.8) is 0 Å². The zero-order valence-electron chi connectivity index (χ0n) is 19.9. The van der Waals surface area contributed by atoms with Crippen LogP contribution in [0.2, 0.25) is 0 Å². The minimum Gasteiger partial charge on any atom is -0.0899 e. The second-order valence-corrected chi connectivity index (χ2v) is 8.91. The Morgan fingerprint density at radius 2 is 1.06 bits per heavy atom. The predicted molar refractivity (Wildman–Crippen MR) is 156 cm³/mol. The lowest BCUT2D eigenvalue weighted by Crippen LogP contribution is -1.90. The smallest absolute Gasteiger partial charge is 0.0327 e. The Bertz CT molecular complexity index is 1840. The van der Waals surface area contributed by atoms with Crippen LogP contribution in [0.25, 0.3) is 44.0 Å². The Labute approximate surface area is 211 Å². The van der Waals surface area contributed by atoms with Gasteiger partial charge in [-0.05, 0) is 61.2 Å². The molecule has 0 heterocycles. The SMILES string of the molecule is C=C(/C(C#Cc1cccc2ccccc12)=C\c1cccc2ccccc12)c1cccc2ccccc12. The molecule has 0 nitrogen and oxygen atoms in total. The molecule has 0 unspecified atom stereocenters. The highest BCUT2D eigenvalue weighted by molar-refractivity contribution is 6.02. The molecule has 0 fully saturated rings. The van der Waals surface area contributed by atoms with Gasteiger partial charge < -0.3 is 0 Å². The van der Waals surface area contributed by atoms with Crippen LogP contribution < -0.4 is 0 Å². The van der Waals surface area contributed by atoms with Gasteiger partial charge in [0, 0.05) is 11.1 Å². The lowest BCUT2D eigenvalue weighted by atomic mass is 9.92. The van der Waals surface area contributed by atoms with Crippen LogP contribution >= 0.6 is 0 Å². The molecule has 0 aliphatic heterocycles. The van der Waals surface area contributed by atoms with Crippen molar-refractivity contribution in [3.8, 4) is 11.8 Å². The van der Waals surface area contributed by atoms with E-state index >= 15 is 0 Å². The second kappa shape index (κ2) is 9.41. The standard InChI is InChI=1S/C36H24/c1-26(33-22-10-17-29-13-4-7-21-36(29)33)31(25-32-18-9-15-28-12-3-6-20-35(28)32)24-23-30-16-8-14-27-11-2-5-19-34(27)30/h2-22,25H,1H2/b31-25-. The van der Waals surface area contributed by atoms with Crippen LogP contribution in [-0.2, 0) is 0 Å². The highest BCUT2D eigenvalue weighted by Gasteiger charge is 2.09. The molecule has 0 aliphatic carbocycles. The van der Waals surface area contributed by atoms with E-state index in [9.17, 15) is 0 Å². The fourth-order valence-corrected chi connectivity index (χ4v) is 4.83. The first-order valence-electron chi connectivity index (χ1n) is 12.1. The molecule has 0 spiro atoms. The van der Waals surface area contributed by atoms with Crippen molar-refractivity contribution < 1.29 is 0 Å². The Kier molecular flexibility index (Phi) is 5.66. The first-order valence-corrected chi connectivity index (χ1v) is 12.1. The van der Waals surface area contributed by atoms with Gasteiger partial charge in [-0.3, -0.25) is 0 Å². The second-order valence-electron chi connectivity index (χ2n) is 8.91. The molecule has 0 aromatic heterocycles. The molecular formula is C36H24. The molecule has 36 heavy (non-hydrogen) atoms. The summed E-state index contributed by atoms with van der Waals surface area (Å²) in [4.78, 5) is 0. The van der Waals surface area contributed by atoms with Gasteiger partial charge >= 0.3 is 0 Å². The average Bonchev–Trinajstić information content (AvgIpc) is 2.94. The third-order valence-electron chi connectivity index (χ3n) is 6.68. The number of fused-ring (bicyclic) bond motifs is 3. The summed E-state index contributed by atoms with van der Waals surface area (Å²) in [5, 5.41) is 7.14. The fourth-order valence-electron chi connectivity index (χ4n) is 4.83. The lowest BCUT2D eigenvalue weighted by Gasteiger charge is -2.11. The van der Waals surface area contributed by atoms with Crippen LogP contribution in [0, 0.1) is 11.8 Å². The minimum atomic E-state index is 0.913. The molecular weight excluding hydrogens is 432 g/mol. The normalized spacial score (nSPS) is 11.4. The number of allylic oxidation sites excluding steroid dienone is 2. The lowest BCUT2D eigenvalue weighted by molar-refractivity contribution is 1.65. The molecule has 6 aromatic rings. The molecule has 0 amide bonds. The molecule has 0 saturated heterocycles. The molecule has 6 aromatic carbocycles. The van der Waals surface area contributed by atoms with E-state index in [1.54, 1.807) is 0 Å². The highest BCUT2D eigenvalue weighted by atomic mass is 14.1. The average molecular weight is 457 g/mol. The van der Waals surface area contributed by atoms with Gasteiger partial charge in [-0.25, -0.2) is 0 Å². The molecule has 0 heteroatoms. The summed E-state index contributed by atoms with van der Waals surface area (Å²) in [6.07, 6.45) is 2.19. The maximum atomic E-state index is 4.56. The number of rotatable bonds is 3. The van der Waals surface area contributed by atoms with Gasteiger partial charge in [0.25, 0.3) is 0 Å². The van der Waals surface area contributed by atoms with Gasteiger partial charge in [-0.2, -0.15) is 0 Å². The van der Waals surface area contributed by atoms with Crippen molar-refractivity contribution in [2.45, 2.75) is 0 Å². The molecule has 0 N–H and O–H groups in total. The largest absolute Gasteiger partial charge is 0.0899 e. The Balaban J connectivity index is 1.55. The minimum absolute atomic E-state index is 0.913. The number of benzene rings is 6. The van der Waals surface area contributed by atoms with Gasteiger partial charge in [-0.1, -0.05) is 140 Å². The van der Waals surface area contributed by atoms with Crippen LogP contribution in [-0.4, -0.2) is 0 Å². The molecule has 0 saturated carbocycles. The summed E-state index contributed by atoms with van der Waals surface area (Å²) in [6.45, 7) is 4.56. The molecule has 0 radical (unpaired) electrons. The fraction of sp³-hybridized carbons (Fsp3) is 0. The van der Waals surface area contributed by atoms with E-state index in [1.807, 2.05) is 0 Å². The van der Waals surface area contributed by atoms with E-state index in [0.717, 1.165) is 33.2 Å². The zero-order chi connectivity index (χ0) is 24.3. The van der Waals surface area contributed by atoms with E-state index in [-0.39, 0.29) is 0 Å². The van der Waals surface area contributed by atoms with E-state index in [0.29, 0.717) is 0 Å². The quantitative estimate of drug-likeness (QED) is 0.184. The van der Waals surface area contributed by atoms with E-state index in [4.69, 9.17) is 0 Å². The molecule has 0 aliphatic rings. The summed E-state index contributed by atoms with van der Waals surface area (Å²) in [5.41, 5.74) is 5.09. The van der Waals surface area contributed by atoms with Gasteiger partial charge in [0.05, 0.1) is 0 Å². The zero-order valence-corrected chi connectivity index (χ0v) is 19.9. The van der Waals surface area contributed by atoms with Crippen molar-refractivity contribution >= 4 is 44.0 Å². The number of hydrogen-bond donors (Lipinski definition) is 0. The van der Waals surface area contributed by atoms with Gasteiger partial charge in [0.2, 0.25) is 0 Å². The van der Waals surface area contributed by atoms with E-state index < -0.39 is 0 Å². The highest BCUT2D eigenvalue weighted by Crippen LogP contribution is 2.31. The van der Waals surface area contributed by atoms with Crippen molar-refractivity contribution in [2.24, 2.45) is 0 Å². The first-order chi connectivity index (χ1) is 17.8. The van der Waals surface area contributed by atoms with Crippen molar-refractivity contribution in [3.05, 3.63) is 156 Å². The van der Waals surface area contributed by atoms with Crippen LogP contribution in [0.5, 0.6) is 0 Å². The van der Waals surface area contributed by atoms with Gasteiger partial charge in [-0.15, -0.1) is 0 Å². The van der Waals surface area contributed by atoms with Crippen molar-refractivity contribution in [1.29, 1.82) is 0 Å². The van der Waals surface area contributed by atoms with Crippen LogP contribution in [0.15, 0.2) is 140 Å². The Morgan fingerprint density at radius 1 is 0.528 bits per heavy atom. The van der Waals surface area contributed by atoms with E-state index in [2.05, 4.69) is 152 Å². The van der Waals surface area contributed by atoms with Crippen molar-refractivity contribution in [1.82, 2.24) is 0 Å². The molecule has 168 valence electrons. The van der Waals surface area contributed by atoms with Crippen LogP contribution in [0.3, 0.4) is 0 Å². The Morgan fingerprint density at radius 3 is 1.81 bits per heavy atom. The third kappa shape index (κ3) is 4.09. The number of hydrogen-bond acceptors (Lipinski definition) is 0. The van der Waals surface area contributed by atoms with Gasteiger partial charge in [0.1, 0.15) is 0 Å². The molecule has 0 bridgehead atoms. The summed E-state index contributed by atoms with van der Waals surface area (Å²) >= 11 is 0. The maximum Gasteiger partial charge on any atom is 0.0327 e. The monoisotopic (exact) mass is 456 g/mol. The molecule has 0 atom stereocenters. The van der Waals surface area contributed by atoms with E-state index in [1.165, 1.54) is 26.9 Å². The summed E-state index contributed by atoms with van der Waals surface area (Å²) in [7, 11) is 0. The Hall–Kier alpha value is -4.86. The summed E-state index contributed by atoms with van der Waals surface area (Å²) < 4.78 is 0. The summed E-state index contributed by atoms with van der Waals surface area (Å²) in [6, 6.07) is 44.4. The van der Waals surface area contributed by atoms with Crippen LogP contribution in [0.1, 0.15) is 16.7 Å².